The number of carbonyl (C=O) groups is 1. The number of benzene rings is 1. The van der Waals surface area contributed by atoms with E-state index in [1.54, 1.807) is 18.2 Å². The maximum atomic E-state index is 11.9. The molecule has 1 amide bonds. The fourth-order valence-electron chi connectivity index (χ4n) is 1.45. The first-order valence-electron chi connectivity index (χ1n) is 5.33. The SMILES string of the molecule is Cc1ccc(NC(=O)c2cccc(=O)[nH]2)cc1Br. The van der Waals surface area contributed by atoms with Crippen LogP contribution >= 0.6 is 15.9 Å². The molecule has 0 aliphatic heterocycles. The predicted molar refractivity (Wildman–Crippen MR) is 73.9 cm³/mol. The van der Waals surface area contributed by atoms with Gasteiger partial charge in [-0.25, -0.2) is 0 Å². The van der Waals surface area contributed by atoms with E-state index in [0.29, 0.717) is 5.69 Å². The number of anilines is 1. The van der Waals surface area contributed by atoms with Crippen LogP contribution in [0.2, 0.25) is 0 Å². The van der Waals surface area contributed by atoms with Gasteiger partial charge in [0.05, 0.1) is 0 Å². The molecule has 0 fully saturated rings. The second-order valence-corrected chi connectivity index (χ2v) is 4.70. The van der Waals surface area contributed by atoms with Gasteiger partial charge in [-0.1, -0.05) is 28.1 Å². The molecule has 0 aliphatic carbocycles. The number of pyridine rings is 1. The van der Waals surface area contributed by atoms with Crippen molar-refractivity contribution in [2.75, 3.05) is 5.32 Å². The van der Waals surface area contributed by atoms with Crippen LogP contribution in [0.25, 0.3) is 0 Å². The lowest BCUT2D eigenvalue weighted by Crippen LogP contribution is -2.17. The second-order valence-electron chi connectivity index (χ2n) is 3.85. The van der Waals surface area contributed by atoms with Gasteiger partial charge in [-0.15, -0.1) is 0 Å². The summed E-state index contributed by atoms with van der Waals surface area (Å²) in [7, 11) is 0. The third-order valence-corrected chi connectivity index (χ3v) is 3.30. The Hall–Kier alpha value is -1.88. The minimum Gasteiger partial charge on any atom is -0.321 e. The van der Waals surface area contributed by atoms with Gasteiger partial charge in [0.15, 0.2) is 0 Å². The summed E-state index contributed by atoms with van der Waals surface area (Å²) in [4.78, 5) is 25.4. The van der Waals surface area contributed by atoms with Crippen molar-refractivity contribution < 1.29 is 4.79 Å². The standard InChI is InChI=1S/C13H11BrN2O2/c1-8-5-6-9(7-10(8)14)15-13(18)11-3-2-4-12(17)16-11/h2-7H,1H3,(H,15,18)(H,16,17). The van der Waals surface area contributed by atoms with Crippen LogP contribution in [-0.2, 0) is 0 Å². The third kappa shape index (κ3) is 2.87. The van der Waals surface area contributed by atoms with E-state index in [9.17, 15) is 9.59 Å². The number of amides is 1. The largest absolute Gasteiger partial charge is 0.321 e. The van der Waals surface area contributed by atoms with Gasteiger partial charge in [0.25, 0.3) is 5.91 Å². The molecule has 1 aromatic heterocycles. The number of rotatable bonds is 2. The Kier molecular flexibility index (Phi) is 3.62. The third-order valence-electron chi connectivity index (χ3n) is 2.44. The Morgan fingerprint density at radius 1 is 1.28 bits per heavy atom. The highest BCUT2D eigenvalue weighted by Crippen LogP contribution is 2.20. The molecule has 0 bridgehead atoms. The number of carbonyl (C=O) groups excluding carboxylic acids is 1. The van der Waals surface area contributed by atoms with Crippen LogP contribution in [0.4, 0.5) is 5.69 Å². The van der Waals surface area contributed by atoms with Gasteiger partial charge < -0.3 is 10.3 Å². The van der Waals surface area contributed by atoms with E-state index in [1.807, 2.05) is 19.1 Å². The van der Waals surface area contributed by atoms with Crippen molar-refractivity contribution in [2.45, 2.75) is 6.92 Å². The maximum Gasteiger partial charge on any atom is 0.272 e. The molecule has 2 N–H and O–H groups in total. The van der Waals surface area contributed by atoms with Crippen LogP contribution in [0.5, 0.6) is 0 Å². The highest BCUT2D eigenvalue weighted by atomic mass is 79.9. The fourth-order valence-corrected chi connectivity index (χ4v) is 1.83. The van der Waals surface area contributed by atoms with E-state index in [1.165, 1.54) is 6.07 Å². The Bertz CT molecular complexity index is 649. The summed E-state index contributed by atoms with van der Waals surface area (Å²) in [6, 6.07) is 9.97. The lowest BCUT2D eigenvalue weighted by atomic mass is 10.2. The second kappa shape index (κ2) is 5.18. The minimum atomic E-state index is -0.344. The Morgan fingerprint density at radius 2 is 2.06 bits per heavy atom. The number of aromatic nitrogens is 1. The molecule has 5 heteroatoms. The van der Waals surface area contributed by atoms with Crippen molar-refractivity contribution in [2.24, 2.45) is 0 Å². The van der Waals surface area contributed by atoms with E-state index < -0.39 is 0 Å². The maximum absolute atomic E-state index is 11.9. The van der Waals surface area contributed by atoms with Crippen molar-refractivity contribution in [3.8, 4) is 0 Å². The zero-order valence-electron chi connectivity index (χ0n) is 9.66. The van der Waals surface area contributed by atoms with E-state index >= 15 is 0 Å². The number of nitrogens with one attached hydrogen (secondary N) is 2. The molecule has 0 unspecified atom stereocenters. The summed E-state index contributed by atoms with van der Waals surface area (Å²) in [6.07, 6.45) is 0. The lowest BCUT2D eigenvalue weighted by Gasteiger charge is -2.06. The van der Waals surface area contributed by atoms with Gasteiger partial charge in [0.1, 0.15) is 5.69 Å². The highest BCUT2D eigenvalue weighted by molar-refractivity contribution is 9.10. The molecule has 0 atom stereocenters. The Labute approximate surface area is 112 Å². The van der Waals surface area contributed by atoms with Gasteiger partial charge in [0.2, 0.25) is 5.56 Å². The van der Waals surface area contributed by atoms with Crippen molar-refractivity contribution in [3.05, 3.63) is 62.5 Å². The summed E-state index contributed by atoms with van der Waals surface area (Å²) >= 11 is 3.39. The molecule has 1 aromatic carbocycles. The summed E-state index contributed by atoms with van der Waals surface area (Å²) < 4.78 is 0.918. The molecule has 18 heavy (non-hydrogen) atoms. The summed E-state index contributed by atoms with van der Waals surface area (Å²) in [5.74, 6) is -0.344. The summed E-state index contributed by atoms with van der Waals surface area (Å²) in [5.41, 5.74) is 1.69. The number of aryl methyl sites for hydroxylation is 1. The number of hydrogen-bond acceptors (Lipinski definition) is 2. The normalized spacial score (nSPS) is 10.1. The molecule has 0 saturated carbocycles. The molecule has 0 radical (unpaired) electrons. The molecular weight excluding hydrogens is 296 g/mol. The van der Waals surface area contributed by atoms with Gasteiger partial charge in [0, 0.05) is 16.2 Å². The first-order valence-corrected chi connectivity index (χ1v) is 6.12. The summed E-state index contributed by atoms with van der Waals surface area (Å²) in [5, 5.41) is 2.71. The Morgan fingerprint density at radius 3 is 2.72 bits per heavy atom. The van der Waals surface area contributed by atoms with Crippen molar-refractivity contribution in [1.82, 2.24) is 4.98 Å². The summed E-state index contributed by atoms with van der Waals surface area (Å²) in [6.45, 7) is 1.96. The number of hydrogen-bond donors (Lipinski definition) is 2. The molecule has 0 saturated heterocycles. The van der Waals surface area contributed by atoms with Gasteiger partial charge in [-0.05, 0) is 30.7 Å². The average molecular weight is 307 g/mol. The van der Waals surface area contributed by atoms with Crippen LogP contribution < -0.4 is 10.9 Å². The fraction of sp³-hybridized carbons (Fsp3) is 0.0769. The van der Waals surface area contributed by atoms with Crippen molar-refractivity contribution >= 4 is 27.5 Å². The Balaban J connectivity index is 2.21. The minimum absolute atomic E-state index is 0.235. The molecule has 0 spiro atoms. The van der Waals surface area contributed by atoms with E-state index in [-0.39, 0.29) is 17.2 Å². The van der Waals surface area contributed by atoms with Crippen LogP contribution in [-0.4, -0.2) is 10.9 Å². The molecular formula is C13H11BrN2O2. The van der Waals surface area contributed by atoms with Crippen LogP contribution in [0.3, 0.4) is 0 Å². The number of H-pyrrole nitrogens is 1. The average Bonchev–Trinajstić information content (AvgIpc) is 2.34. The van der Waals surface area contributed by atoms with Crippen molar-refractivity contribution in [3.63, 3.8) is 0 Å². The van der Waals surface area contributed by atoms with Crippen molar-refractivity contribution in [1.29, 1.82) is 0 Å². The van der Waals surface area contributed by atoms with Crippen LogP contribution in [0.1, 0.15) is 16.1 Å². The quantitative estimate of drug-likeness (QED) is 0.896. The van der Waals surface area contributed by atoms with Gasteiger partial charge in [-0.3, -0.25) is 9.59 Å². The van der Waals surface area contributed by atoms with Gasteiger partial charge >= 0.3 is 0 Å². The smallest absolute Gasteiger partial charge is 0.272 e. The molecule has 92 valence electrons. The molecule has 0 aliphatic rings. The molecule has 2 aromatic rings. The monoisotopic (exact) mass is 306 g/mol. The first kappa shape index (κ1) is 12.6. The zero-order chi connectivity index (χ0) is 13.1. The number of halogens is 1. The van der Waals surface area contributed by atoms with E-state index in [0.717, 1.165) is 10.0 Å². The first-order chi connectivity index (χ1) is 8.56. The van der Waals surface area contributed by atoms with Crippen LogP contribution in [0, 0.1) is 6.92 Å². The van der Waals surface area contributed by atoms with Crippen LogP contribution in [0.15, 0.2) is 45.7 Å². The topological polar surface area (TPSA) is 62.0 Å². The van der Waals surface area contributed by atoms with E-state index in [2.05, 4.69) is 26.2 Å². The zero-order valence-corrected chi connectivity index (χ0v) is 11.2. The molecule has 1 heterocycles. The predicted octanol–water partition coefficient (Wildman–Crippen LogP) is 2.70. The van der Waals surface area contributed by atoms with Gasteiger partial charge in [-0.2, -0.15) is 0 Å². The van der Waals surface area contributed by atoms with E-state index in [4.69, 9.17) is 0 Å². The number of aromatic amines is 1. The highest BCUT2D eigenvalue weighted by Gasteiger charge is 2.07. The lowest BCUT2D eigenvalue weighted by molar-refractivity contribution is 0.102. The molecule has 2 rings (SSSR count). The molecule has 4 nitrogen and oxygen atoms in total.